The fourth-order valence-corrected chi connectivity index (χ4v) is 3.25. The van der Waals surface area contributed by atoms with Crippen molar-refractivity contribution in [2.45, 2.75) is 6.92 Å². The van der Waals surface area contributed by atoms with E-state index in [0.29, 0.717) is 49.8 Å². The van der Waals surface area contributed by atoms with E-state index in [1.807, 2.05) is 30.0 Å². The molecule has 0 unspecified atom stereocenters. The van der Waals surface area contributed by atoms with Gasteiger partial charge in [0, 0.05) is 26.2 Å². The van der Waals surface area contributed by atoms with Crippen molar-refractivity contribution in [1.82, 2.24) is 0 Å². The van der Waals surface area contributed by atoms with Crippen molar-refractivity contribution in [3.05, 3.63) is 58.1 Å². The van der Waals surface area contributed by atoms with Crippen LogP contribution in [0.25, 0.3) is 0 Å². The quantitative estimate of drug-likeness (QED) is 0.607. The maximum Gasteiger partial charge on any atom is 0.333 e. The number of hydrogen-bond donors (Lipinski definition) is 0. The predicted molar refractivity (Wildman–Crippen MR) is 99.8 cm³/mol. The van der Waals surface area contributed by atoms with Crippen LogP contribution in [0.3, 0.4) is 0 Å². The molecular formula is C19H20N4O3. The average molecular weight is 352 g/mol. The van der Waals surface area contributed by atoms with Crippen molar-refractivity contribution in [2.24, 2.45) is 0 Å². The molecule has 0 bridgehead atoms. The SMILES string of the molecule is CCOc1cccc(N2CCN(c3ccccc3C#N)CC2)c1[N+](=O)[O-]. The van der Waals surface area contributed by atoms with Crippen molar-refractivity contribution in [2.75, 3.05) is 42.6 Å². The summed E-state index contributed by atoms with van der Waals surface area (Å²) in [5.41, 5.74) is 2.15. The van der Waals surface area contributed by atoms with Gasteiger partial charge in [0.15, 0.2) is 5.75 Å². The Morgan fingerprint density at radius 1 is 1.08 bits per heavy atom. The third-order valence-electron chi connectivity index (χ3n) is 4.45. The third kappa shape index (κ3) is 3.40. The Balaban J connectivity index is 1.81. The first kappa shape index (κ1) is 17.5. The summed E-state index contributed by atoms with van der Waals surface area (Å²) >= 11 is 0. The first-order valence-electron chi connectivity index (χ1n) is 8.55. The number of para-hydroxylation sites is 2. The highest BCUT2D eigenvalue weighted by atomic mass is 16.6. The second-order valence-electron chi connectivity index (χ2n) is 5.92. The van der Waals surface area contributed by atoms with Crippen LogP contribution in [0.15, 0.2) is 42.5 Å². The van der Waals surface area contributed by atoms with Crippen molar-refractivity contribution >= 4 is 17.1 Å². The lowest BCUT2D eigenvalue weighted by Gasteiger charge is -2.37. The predicted octanol–water partition coefficient (Wildman–Crippen LogP) is 3.19. The summed E-state index contributed by atoms with van der Waals surface area (Å²) in [4.78, 5) is 15.4. The average Bonchev–Trinajstić information content (AvgIpc) is 2.68. The van der Waals surface area contributed by atoms with E-state index in [1.165, 1.54) is 0 Å². The van der Waals surface area contributed by atoms with Crippen LogP contribution in [0.5, 0.6) is 5.75 Å². The summed E-state index contributed by atoms with van der Waals surface area (Å²) in [6.07, 6.45) is 0. The highest BCUT2D eigenvalue weighted by Gasteiger charge is 2.27. The topological polar surface area (TPSA) is 82.6 Å². The molecule has 1 fully saturated rings. The maximum absolute atomic E-state index is 11.6. The van der Waals surface area contributed by atoms with Crippen molar-refractivity contribution in [1.29, 1.82) is 5.26 Å². The molecule has 0 radical (unpaired) electrons. The van der Waals surface area contributed by atoms with E-state index in [0.717, 1.165) is 5.69 Å². The van der Waals surface area contributed by atoms with Gasteiger partial charge in [0.1, 0.15) is 11.8 Å². The molecule has 0 aromatic heterocycles. The number of nitriles is 1. The van der Waals surface area contributed by atoms with Gasteiger partial charge in [-0.05, 0) is 31.2 Å². The first-order valence-corrected chi connectivity index (χ1v) is 8.55. The van der Waals surface area contributed by atoms with Gasteiger partial charge in [-0.25, -0.2) is 0 Å². The number of piperazine rings is 1. The molecule has 1 aliphatic heterocycles. The minimum Gasteiger partial charge on any atom is -0.487 e. The van der Waals surface area contributed by atoms with Crippen LogP contribution in [-0.2, 0) is 0 Å². The Bertz CT molecular complexity index is 839. The number of nitro groups is 1. The standard InChI is InChI=1S/C19H20N4O3/c1-2-26-18-9-5-8-17(19(18)23(24)25)22-12-10-21(11-13-22)16-7-4-3-6-15(16)14-20/h3-9H,2,10-13H2,1H3. The summed E-state index contributed by atoms with van der Waals surface area (Å²) in [5.74, 6) is 0.298. The molecule has 2 aromatic carbocycles. The summed E-state index contributed by atoms with van der Waals surface area (Å²) in [7, 11) is 0. The molecule has 134 valence electrons. The van der Waals surface area contributed by atoms with Gasteiger partial charge < -0.3 is 14.5 Å². The zero-order valence-corrected chi connectivity index (χ0v) is 14.6. The molecule has 0 spiro atoms. The maximum atomic E-state index is 11.6. The fraction of sp³-hybridized carbons (Fsp3) is 0.316. The van der Waals surface area contributed by atoms with Gasteiger partial charge in [0.05, 0.1) is 22.8 Å². The molecule has 3 rings (SSSR count). The number of nitro benzene ring substituents is 1. The summed E-state index contributed by atoms with van der Waals surface area (Å²) in [5, 5.41) is 20.9. The van der Waals surface area contributed by atoms with Crippen LogP contribution >= 0.6 is 0 Å². The van der Waals surface area contributed by atoms with Gasteiger partial charge in [0.25, 0.3) is 0 Å². The molecule has 0 amide bonds. The zero-order chi connectivity index (χ0) is 18.5. The van der Waals surface area contributed by atoms with Crippen LogP contribution in [0, 0.1) is 21.4 Å². The zero-order valence-electron chi connectivity index (χ0n) is 14.6. The molecule has 0 atom stereocenters. The van der Waals surface area contributed by atoms with Crippen molar-refractivity contribution in [3.8, 4) is 11.8 Å². The Morgan fingerprint density at radius 3 is 2.31 bits per heavy atom. The molecule has 1 aliphatic rings. The lowest BCUT2D eigenvalue weighted by Crippen LogP contribution is -2.47. The van der Waals surface area contributed by atoms with Crippen molar-refractivity contribution in [3.63, 3.8) is 0 Å². The molecule has 0 N–H and O–H groups in total. The molecule has 0 aliphatic carbocycles. The Kier molecular flexibility index (Phi) is 5.23. The van der Waals surface area contributed by atoms with E-state index in [2.05, 4.69) is 11.0 Å². The summed E-state index contributed by atoms with van der Waals surface area (Å²) < 4.78 is 5.44. The number of benzene rings is 2. The molecule has 1 heterocycles. The Hall–Kier alpha value is -3.27. The number of hydrogen-bond acceptors (Lipinski definition) is 6. The third-order valence-corrected chi connectivity index (χ3v) is 4.45. The van der Waals surface area contributed by atoms with E-state index >= 15 is 0 Å². The smallest absolute Gasteiger partial charge is 0.333 e. The molecule has 1 saturated heterocycles. The van der Waals surface area contributed by atoms with Crippen LogP contribution in [-0.4, -0.2) is 37.7 Å². The minimum absolute atomic E-state index is 0.0141. The Labute approximate surface area is 152 Å². The number of rotatable bonds is 5. The molecule has 7 heteroatoms. The lowest BCUT2D eigenvalue weighted by molar-refractivity contribution is -0.385. The van der Waals surface area contributed by atoms with E-state index in [-0.39, 0.29) is 10.6 Å². The number of anilines is 2. The molecule has 2 aromatic rings. The highest BCUT2D eigenvalue weighted by molar-refractivity contribution is 5.70. The minimum atomic E-state index is -0.377. The lowest BCUT2D eigenvalue weighted by atomic mass is 10.1. The van der Waals surface area contributed by atoms with E-state index < -0.39 is 0 Å². The van der Waals surface area contributed by atoms with Gasteiger partial charge in [-0.1, -0.05) is 18.2 Å². The highest BCUT2D eigenvalue weighted by Crippen LogP contribution is 2.37. The monoisotopic (exact) mass is 352 g/mol. The first-order chi connectivity index (χ1) is 12.7. The van der Waals surface area contributed by atoms with Gasteiger partial charge in [-0.3, -0.25) is 10.1 Å². The molecule has 0 saturated carbocycles. The van der Waals surface area contributed by atoms with Gasteiger partial charge in [-0.15, -0.1) is 0 Å². The van der Waals surface area contributed by atoms with Gasteiger partial charge in [0.2, 0.25) is 0 Å². The second kappa shape index (κ2) is 7.74. The van der Waals surface area contributed by atoms with E-state index in [1.54, 1.807) is 24.3 Å². The van der Waals surface area contributed by atoms with E-state index in [4.69, 9.17) is 4.74 Å². The molecule has 26 heavy (non-hydrogen) atoms. The van der Waals surface area contributed by atoms with Crippen LogP contribution in [0.2, 0.25) is 0 Å². The summed E-state index contributed by atoms with van der Waals surface area (Å²) in [6.45, 7) is 4.83. The van der Waals surface area contributed by atoms with Crippen LogP contribution < -0.4 is 14.5 Å². The van der Waals surface area contributed by atoms with Gasteiger partial charge in [-0.2, -0.15) is 5.26 Å². The largest absolute Gasteiger partial charge is 0.487 e. The van der Waals surface area contributed by atoms with Gasteiger partial charge >= 0.3 is 5.69 Å². The van der Waals surface area contributed by atoms with Crippen LogP contribution in [0.4, 0.5) is 17.1 Å². The second-order valence-corrected chi connectivity index (χ2v) is 5.92. The Morgan fingerprint density at radius 2 is 1.69 bits per heavy atom. The number of nitrogens with zero attached hydrogens (tertiary/aromatic N) is 4. The van der Waals surface area contributed by atoms with Crippen LogP contribution in [0.1, 0.15) is 12.5 Å². The molecular weight excluding hydrogens is 332 g/mol. The normalized spacial score (nSPS) is 14.0. The summed E-state index contributed by atoms with van der Waals surface area (Å²) in [6, 6.07) is 14.9. The fourth-order valence-electron chi connectivity index (χ4n) is 3.25. The van der Waals surface area contributed by atoms with Crippen molar-refractivity contribution < 1.29 is 9.66 Å². The van der Waals surface area contributed by atoms with E-state index in [9.17, 15) is 15.4 Å². The molecule has 7 nitrogen and oxygen atoms in total. The number of ether oxygens (including phenoxy) is 1.